The molecule has 0 fully saturated rings. The highest BCUT2D eigenvalue weighted by molar-refractivity contribution is 9.10. The molecule has 0 unspecified atom stereocenters. The van der Waals surface area contributed by atoms with Crippen molar-refractivity contribution in [2.75, 3.05) is 0 Å². The molecule has 0 saturated heterocycles. The molecule has 1 aromatic heterocycles. The minimum atomic E-state index is -1.72. The van der Waals surface area contributed by atoms with Crippen LogP contribution in [0.4, 0.5) is 0 Å². The number of hydrogen-bond donors (Lipinski definition) is 0. The highest BCUT2D eigenvalue weighted by Crippen LogP contribution is 2.37. The number of aromatic nitrogens is 1. The number of hydrogen-bond acceptors (Lipinski definition) is 2. The van der Waals surface area contributed by atoms with Crippen LogP contribution in [0.5, 0.6) is 0 Å². The minimum absolute atomic E-state index is 0.206. The van der Waals surface area contributed by atoms with Gasteiger partial charge in [0.05, 0.1) is 6.61 Å². The Hall–Kier alpha value is -0.393. The summed E-state index contributed by atoms with van der Waals surface area (Å²) in [6, 6.07) is 3.60. The third-order valence-electron chi connectivity index (χ3n) is 3.34. The molecule has 0 N–H and O–H groups in total. The SMILES string of the molecule is CC(C)(C)[Si](C)(C)OCc1cc[n+]([O-])c(Br)c1. The molecule has 0 saturated carbocycles. The van der Waals surface area contributed by atoms with Crippen LogP contribution in [0.15, 0.2) is 22.9 Å². The van der Waals surface area contributed by atoms with Crippen molar-refractivity contribution in [2.24, 2.45) is 0 Å². The molecule has 0 aliphatic carbocycles. The number of nitrogens with zero attached hydrogens (tertiary/aromatic N) is 1. The number of pyridine rings is 1. The molecule has 0 bridgehead atoms. The smallest absolute Gasteiger partial charge is 0.259 e. The van der Waals surface area contributed by atoms with Gasteiger partial charge in [-0.05, 0) is 23.7 Å². The lowest BCUT2D eigenvalue weighted by molar-refractivity contribution is -0.617. The minimum Gasteiger partial charge on any atom is -0.618 e. The Morgan fingerprint density at radius 1 is 1.41 bits per heavy atom. The third kappa shape index (κ3) is 3.79. The van der Waals surface area contributed by atoms with Gasteiger partial charge in [-0.3, -0.25) is 0 Å². The monoisotopic (exact) mass is 317 g/mol. The van der Waals surface area contributed by atoms with Crippen molar-refractivity contribution < 1.29 is 9.16 Å². The maximum atomic E-state index is 11.2. The zero-order valence-corrected chi connectivity index (χ0v) is 13.7. The van der Waals surface area contributed by atoms with E-state index in [-0.39, 0.29) is 5.04 Å². The van der Waals surface area contributed by atoms with Gasteiger partial charge in [-0.1, -0.05) is 20.8 Å². The van der Waals surface area contributed by atoms with E-state index in [4.69, 9.17) is 4.43 Å². The second-order valence-electron chi connectivity index (χ2n) is 5.73. The summed E-state index contributed by atoms with van der Waals surface area (Å²) in [7, 11) is -1.72. The molecule has 1 heterocycles. The third-order valence-corrected chi connectivity index (χ3v) is 8.40. The van der Waals surface area contributed by atoms with Crippen LogP contribution in [0.25, 0.3) is 0 Å². The van der Waals surface area contributed by atoms with Crippen molar-refractivity contribution in [1.82, 2.24) is 0 Å². The summed E-state index contributed by atoms with van der Waals surface area (Å²) in [6.45, 7) is 11.6. The quantitative estimate of drug-likeness (QED) is 0.369. The van der Waals surface area contributed by atoms with Gasteiger partial charge in [-0.15, -0.1) is 0 Å². The molecular formula is C12H20BrNO2Si. The predicted molar refractivity (Wildman–Crippen MR) is 75.1 cm³/mol. The summed E-state index contributed by atoms with van der Waals surface area (Å²) in [5.74, 6) is 0. The summed E-state index contributed by atoms with van der Waals surface area (Å²) >= 11 is 3.21. The molecule has 0 amide bonds. The van der Waals surface area contributed by atoms with Crippen LogP contribution >= 0.6 is 15.9 Å². The second-order valence-corrected chi connectivity index (χ2v) is 11.4. The van der Waals surface area contributed by atoms with Crippen LogP contribution in [-0.4, -0.2) is 8.32 Å². The summed E-state index contributed by atoms with van der Waals surface area (Å²) in [5.41, 5.74) is 1.02. The fourth-order valence-corrected chi connectivity index (χ4v) is 2.44. The lowest BCUT2D eigenvalue weighted by Gasteiger charge is -2.36. The van der Waals surface area contributed by atoms with E-state index in [0.29, 0.717) is 11.2 Å². The average Bonchev–Trinajstić information content (AvgIpc) is 2.18. The van der Waals surface area contributed by atoms with Crippen LogP contribution < -0.4 is 4.73 Å². The van der Waals surface area contributed by atoms with E-state index in [1.807, 2.05) is 0 Å². The van der Waals surface area contributed by atoms with Crippen LogP contribution in [0, 0.1) is 5.21 Å². The molecular weight excluding hydrogens is 298 g/mol. The molecule has 96 valence electrons. The number of rotatable bonds is 3. The van der Waals surface area contributed by atoms with E-state index in [1.165, 1.54) is 6.20 Å². The molecule has 0 atom stereocenters. The molecule has 17 heavy (non-hydrogen) atoms. The van der Waals surface area contributed by atoms with Crippen molar-refractivity contribution in [3.63, 3.8) is 0 Å². The van der Waals surface area contributed by atoms with Crippen LogP contribution in [0.3, 0.4) is 0 Å². The zero-order chi connectivity index (χ0) is 13.3. The fraction of sp³-hybridized carbons (Fsp3) is 0.583. The van der Waals surface area contributed by atoms with Gasteiger partial charge in [0, 0.05) is 28.1 Å². The standard InChI is InChI=1S/C12H20BrNO2Si/c1-12(2,3)17(4,5)16-9-10-6-7-14(15)11(13)8-10/h6-8H,9H2,1-5H3. The highest BCUT2D eigenvalue weighted by atomic mass is 79.9. The number of halogens is 1. The molecule has 0 radical (unpaired) electrons. The molecule has 3 nitrogen and oxygen atoms in total. The Kier molecular flexibility index (Phi) is 4.38. The zero-order valence-electron chi connectivity index (χ0n) is 11.1. The Morgan fingerprint density at radius 2 is 2.00 bits per heavy atom. The molecule has 0 aliphatic rings. The molecule has 1 aromatic rings. The van der Waals surface area contributed by atoms with Gasteiger partial charge in [-0.2, -0.15) is 4.73 Å². The average molecular weight is 318 g/mol. The Bertz CT molecular complexity index is 402. The normalized spacial score (nSPS) is 12.8. The topological polar surface area (TPSA) is 36.2 Å². The van der Waals surface area contributed by atoms with Crippen molar-refractivity contribution in [3.8, 4) is 0 Å². The summed E-state index contributed by atoms with van der Waals surface area (Å²) in [5, 5.41) is 11.4. The maximum absolute atomic E-state index is 11.2. The first-order valence-corrected chi connectivity index (χ1v) is 9.35. The molecule has 1 rings (SSSR count). The van der Waals surface area contributed by atoms with Gasteiger partial charge >= 0.3 is 0 Å². The second kappa shape index (κ2) is 5.08. The maximum Gasteiger partial charge on any atom is 0.259 e. The lowest BCUT2D eigenvalue weighted by Crippen LogP contribution is -2.40. The van der Waals surface area contributed by atoms with E-state index in [1.54, 1.807) is 12.1 Å². The Labute approximate surface area is 113 Å². The van der Waals surface area contributed by atoms with Gasteiger partial charge in [-0.25, -0.2) is 0 Å². The van der Waals surface area contributed by atoms with Crippen LogP contribution in [-0.2, 0) is 11.0 Å². The van der Waals surface area contributed by atoms with E-state index >= 15 is 0 Å². The Morgan fingerprint density at radius 3 is 2.47 bits per heavy atom. The molecule has 0 aromatic carbocycles. The largest absolute Gasteiger partial charge is 0.618 e. The first kappa shape index (κ1) is 14.7. The van der Waals surface area contributed by atoms with Crippen molar-refractivity contribution in [3.05, 3.63) is 33.7 Å². The highest BCUT2D eigenvalue weighted by Gasteiger charge is 2.37. The van der Waals surface area contributed by atoms with Gasteiger partial charge in [0.2, 0.25) is 0 Å². The van der Waals surface area contributed by atoms with Crippen molar-refractivity contribution >= 4 is 24.2 Å². The van der Waals surface area contributed by atoms with Crippen molar-refractivity contribution in [2.45, 2.75) is 45.5 Å². The summed E-state index contributed by atoms with van der Waals surface area (Å²) in [6.07, 6.45) is 1.49. The Balaban J connectivity index is 2.71. The van der Waals surface area contributed by atoms with E-state index < -0.39 is 8.32 Å². The van der Waals surface area contributed by atoms with Gasteiger partial charge in [0.15, 0.2) is 14.5 Å². The van der Waals surface area contributed by atoms with Crippen molar-refractivity contribution in [1.29, 1.82) is 0 Å². The predicted octanol–water partition coefficient (Wildman–Crippen LogP) is 3.60. The van der Waals surface area contributed by atoms with E-state index in [2.05, 4.69) is 49.8 Å². The summed E-state index contributed by atoms with van der Waals surface area (Å²) in [4.78, 5) is 0. The van der Waals surface area contributed by atoms with E-state index in [0.717, 1.165) is 10.3 Å². The lowest BCUT2D eigenvalue weighted by atomic mass is 10.2. The van der Waals surface area contributed by atoms with Gasteiger partial charge in [0.1, 0.15) is 0 Å². The van der Waals surface area contributed by atoms with Crippen LogP contribution in [0.1, 0.15) is 26.3 Å². The molecule has 5 heteroatoms. The van der Waals surface area contributed by atoms with Gasteiger partial charge < -0.3 is 9.63 Å². The first-order valence-electron chi connectivity index (χ1n) is 5.65. The van der Waals surface area contributed by atoms with E-state index in [9.17, 15) is 5.21 Å². The first-order chi connectivity index (χ1) is 7.63. The summed E-state index contributed by atoms with van der Waals surface area (Å²) < 4.78 is 7.39. The molecule has 0 aliphatic heterocycles. The van der Waals surface area contributed by atoms with Gasteiger partial charge in [0.25, 0.3) is 4.60 Å². The fourth-order valence-electron chi connectivity index (χ4n) is 1.07. The van der Waals surface area contributed by atoms with Crippen LogP contribution in [0.2, 0.25) is 18.1 Å². The molecule has 0 spiro atoms.